The fraction of sp³-hybridized carbons (Fsp3) is 0.525. The van der Waals surface area contributed by atoms with Gasteiger partial charge in [0, 0.05) is 19.0 Å². The zero-order valence-corrected chi connectivity index (χ0v) is 34.1. The Kier molecular flexibility index (Phi) is 14.5. The van der Waals surface area contributed by atoms with E-state index in [9.17, 15) is 59.0 Å². The quantitative estimate of drug-likeness (QED) is 0.135. The summed E-state index contributed by atoms with van der Waals surface area (Å²) < 4.78 is 134. The summed E-state index contributed by atoms with van der Waals surface area (Å²) in [6.07, 6.45) is -16.2. The third-order valence-corrected chi connectivity index (χ3v) is 10.4. The maximum absolute atomic E-state index is 13.8. The first-order valence-electron chi connectivity index (χ1n) is 19.0. The average Bonchev–Trinajstić information content (AvgIpc) is 3.16. The number of morpholine rings is 1. The van der Waals surface area contributed by atoms with Gasteiger partial charge in [-0.15, -0.1) is 0 Å². The summed E-state index contributed by atoms with van der Waals surface area (Å²) in [7, 11) is 0. The minimum absolute atomic E-state index is 0.000949. The summed E-state index contributed by atoms with van der Waals surface area (Å²) in [6, 6.07) is 4.16. The van der Waals surface area contributed by atoms with Gasteiger partial charge in [0.25, 0.3) is 0 Å². The van der Waals surface area contributed by atoms with Crippen molar-refractivity contribution >= 4 is 29.4 Å². The summed E-state index contributed by atoms with van der Waals surface area (Å²) in [5.74, 6) is -3.15. The largest absolute Gasteiger partial charge is 0.481 e. The van der Waals surface area contributed by atoms with E-state index in [4.69, 9.17) is 25.4 Å². The van der Waals surface area contributed by atoms with Crippen molar-refractivity contribution < 1.29 is 78.7 Å². The summed E-state index contributed by atoms with van der Waals surface area (Å²) in [5.41, 5.74) is -2.01. The van der Waals surface area contributed by atoms with Crippen LogP contribution in [0.2, 0.25) is 0 Å². The molecule has 342 valence electrons. The number of pyridine rings is 2. The second-order valence-corrected chi connectivity index (χ2v) is 16.2. The number of amides is 1. The zero-order chi connectivity index (χ0) is 46.8. The van der Waals surface area contributed by atoms with Crippen LogP contribution in [0, 0.1) is 10.8 Å². The summed E-state index contributed by atoms with van der Waals surface area (Å²) in [6.45, 7) is 9.12. The summed E-state index contributed by atoms with van der Waals surface area (Å²) in [5, 5.41) is 27.6. The van der Waals surface area contributed by atoms with Crippen LogP contribution < -0.4 is 15.5 Å². The van der Waals surface area contributed by atoms with Crippen LogP contribution in [0.3, 0.4) is 0 Å². The molecule has 0 unspecified atom stereocenters. The molecule has 1 aromatic carbocycles. The molecule has 5 rings (SSSR count). The Morgan fingerprint density at radius 3 is 1.81 bits per heavy atom. The number of nitrogens with zero attached hydrogens (tertiary/aromatic N) is 4. The van der Waals surface area contributed by atoms with Crippen molar-refractivity contribution in [3.63, 3.8) is 0 Å². The monoisotopic (exact) mass is 895 g/mol. The topological polar surface area (TPSA) is 189 Å². The molecule has 1 amide bonds. The number of halogens is 9. The highest BCUT2D eigenvalue weighted by Crippen LogP contribution is 2.47. The van der Waals surface area contributed by atoms with Gasteiger partial charge >= 0.3 is 36.6 Å². The third kappa shape index (κ3) is 11.6. The normalized spacial score (nSPS) is 18.7. The Balaban J connectivity index is 0.000000481. The Hall–Kier alpha value is -5.22. The summed E-state index contributed by atoms with van der Waals surface area (Å²) >= 11 is 0. The Morgan fingerprint density at radius 1 is 0.823 bits per heavy atom. The molecule has 4 heterocycles. The molecule has 0 saturated carbocycles. The number of anilines is 2. The van der Waals surface area contributed by atoms with Crippen LogP contribution in [-0.4, -0.2) is 88.5 Å². The van der Waals surface area contributed by atoms with Crippen molar-refractivity contribution in [3.8, 4) is 0 Å². The van der Waals surface area contributed by atoms with Crippen LogP contribution in [0.4, 0.5) is 55.7 Å². The minimum Gasteiger partial charge on any atom is -0.481 e. The number of carbonyl (C=O) groups is 3. The van der Waals surface area contributed by atoms with Crippen molar-refractivity contribution in [3.05, 3.63) is 81.9 Å². The molecule has 2 aromatic heterocycles. The molecule has 2 atom stereocenters. The third-order valence-electron chi connectivity index (χ3n) is 10.4. The Morgan fingerprint density at radius 2 is 1.35 bits per heavy atom. The van der Waals surface area contributed by atoms with Gasteiger partial charge in [-0.1, -0.05) is 6.92 Å². The van der Waals surface area contributed by atoms with Crippen LogP contribution in [0.25, 0.3) is 0 Å². The number of hydrogen-bond donors (Lipinski definition) is 4. The van der Waals surface area contributed by atoms with E-state index in [-0.39, 0.29) is 60.3 Å². The van der Waals surface area contributed by atoms with Crippen LogP contribution in [0.1, 0.15) is 92.7 Å². The molecule has 2 aliphatic heterocycles. The molecule has 3 aromatic rings. The molecule has 0 radical (unpaired) electrons. The molecule has 1 fully saturated rings. The molecule has 0 spiro atoms. The first-order valence-corrected chi connectivity index (χ1v) is 19.0. The van der Waals surface area contributed by atoms with Crippen molar-refractivity contribution in [2.45, 2.75) is 84.0 Å². The number of benzene rings is 1. The van der Waals surface area contributed by atoms with Crippen molar-refractivity contribution in [2.24, 2.45) is 16.6 Å². The standard InChI is InChI=1S/C30H28F9N5O3.C10H18O5/c1-2-27(40)14-21(25-22(44(27)26(45)46)3-4-23(42-25)30(37,38)39)24-17(12-20(15-41-24)43-5-7-47-8-6-43)9-16-10-18(28(31,32)33)13-19(11-16)29(34,35)36;1-9(2,7(11)12)5-15-6-10(3,4)8(13)14/h3-4,10-13,15,21H,2,5-9,14,40H2,1H3,(H,45,46);5-6H2,1-4H3,(H,11,12)(H,13,14)/t21-,27+;/m0./s1. The van der Waals surface area contributed by atoms with Gasteiger partial charge in [-0.2, -0.15) is 39.5 Å². The van der Waals surface area contributed by atoms with E-state index >= 15 is 0 Å². The highest BCUT2D eigenvalue weighted by atomic mass is 19.4. The molecule has 62 heavy (non-hydrogen) atoms. The molecule has 13 nitrogen and oxygen atoms in total. The predicted molar refractivity (Wildman–Crippen MR) is 204 cm³/mol. The van der Waals surface area contributed by atoms with Crippen molar-refractivity contribution in [1.82, 2.24) is 9.97 Å². The highest BCUT2D eigenvalue weighted by molar-refractivity contribution is 5.89. The number of ether oxygens (including phenoxy) is 2. The Labute approximate surface area is 349 Å². The summed E-state index contributed by atoms with van der Waals surface area (Å²) in [4.78, 5) is 44.6. The lowest BCUT2D eigenvalue weighted by molar-refractivity contribution is -0.155. The van der Waals surface area contributed by atoms with Gasteiger partial charge in [-0.3, -0.25) is 19.5 Å². The molecule has 22 heteroatoms. The van der Waals surface area contributed by atoms with Crippen LogP contribution in [0.5, 0.6) is 0 Å². The van der Waals surface area contributed by atoms with Gasteiger partial charge in [-0.05, 0) is 94.5 Å². The lowest BCUT2D eigenvalue weighted by Crippen LogP contribution is -2.61. The van der Waals surface area contributed by atoms with Crippen molar-refractivity contribution in [1.29, 1.82) is 0 Å². The lowest BCUT2D eigenvalue weighted by Gasteiger charge is -2.46. The smallest absolute Gasteiger partial charge is 0.433 e. The van der Waals surface area contributed by atoms with Gasteiger partial charge < -0.3 is 35.4 Å². The van der Waals surface area contributed by atoms with Crippen LogP contribution in [-0.2, 0) is 44.0 Å². The molecular formula is C40H46F9N5O8. The second-order valence-electron chi connectivity index (χ2n) is 16.2. The van der Waals surface area contributed by atoms with Gasteiger partial charge in [0.2, 0.25) is 0 Å². The van der Waals surface area contributed by atoms with E-state index in [1.807, 2.05) is 4.90 Å². The van der Waals surface area contributed by atoms with Gasteiger partial charge in [0.15, 0.2) is 0 Å². The predicted octanol–water partition coefficient (Wildman–Crippen LogP) is 8.27. The van der Waals surface area contributed by atoms with E-state index < -0.39 is 82.2 Å². The number of alkyl halides is 9. The number of fused-ring (bicyclic) bond motifs is 1. The number of aliphatic carboxylic acids is 2. The first-order chi connectivity index (χ1) is 28.4. The van der Waals surface area contributed by atoms with Gasteiger partial charge in [0.05, 0.1) is 77.3 Å². The van der Waals surface area contributed by atoms with E-state index in [0.717, 1.165) is 11.0 Å². The number of carboxylic acids is 2. The molecule has 0 aliphatic carbocycles. The highest BCUT2D eigenvalue weighted by Gasteiger charge is 2.48. The Bertz CT molecular complexity index is 2060. The van der Waals surface area contributed by atoms with E-state index in [1.165, 1.54) is 40.0 Å². The fourth-order valence-corrected chi connectivity index (χ4v) is 6.66. The van der Waals surface area contributed by atoms with Gasteiger partial charge in [-0.25, -0.2) is 9.78 Å². The molecule has 0 bridgehead atoms. The molecule has 1 saturated heterocycles. The number of hydrogen-bond acceptors (Lipinski definition) is 9. The minimum atomic E-state index is -5.12. The number of nitrogens with two attached hydrogens (primary N) is 1. The zero-order valence-electron chi connectivity index (χ0n) is 34.1. The van der Waals surface area contributed by atoms with E-state index in [2.05, 4.69) is 9.97 Å². The fourth-order valence-electron chi connectivity index (χ4n) is 6.66. The molecular weight excluding hydrogens is 849 g/mol. The van der Waals surface area contributed by atoms with E-state index in [1.54, 1.807) is 6.92 Å². The average molecular weight is 896 g/mol. The van der Waals surface area contributed by atoms with Crippen LogP contribution in [0.15, 0.2) is 42.6 Å². The van der Waals surface area contributed by atoms with Gasteiger partial charge in [0.1, 0.15) is 11.4 Å². The number of rotatable bonds is 11. The number of carboxylic acid groups (broad SMARTS) is 3. The van der Waals surface area contributed by atoms with Crippen LogP contribution >= 0.6 is 0 Å². The SMILES string of the molecule is CC(C)(COCC(C)(C)C(=O)O)C(=O)O.CC[C@]1(N)C[C@@H](c2ncc(N3CCOCC3)cc2Cc2cc(C(F)(F)F)cc(C(F)(F)F)c2)c2nc(C(F)(F)F)ccc2N1C(=O)O. The number of aromatic nitrogens is 2. The molecule has 5 N–H and O–H groups in total. The maximum Gasteiger partial charge on any atom is 0.433 e. The van der Waals surface area contributed by atoms with E-state index in [0.29, 0.717) is 50.2 Å². The maximum atomic E-state index is 13.8. The lowest BCUT2D eigenvalue weighted by atomic mass is 9.79. The second kappa shape index (κ2) is 18.2. The van der Waals surface area contributed by atoms with Crippen molar-refractivity contribution in [2.75, 3.05) is 49.3 Å². The molecule has 2 aliphatic rings. The first kappa shape index (κ1) is 49.4.